The molecule has 4 rings (SSSR count). The number of ether oxygens (including phenoxy) is 1. The van der Waals surface area contributed by atoms with Crippen molar-refractivity contribution in [2.24, 2.45) is 0 Å². The van der Waals surface area contributed by atoms with Crippen molar-refractivity contribution in [2.75, 3.05) is 0 Å². The van der Waals surface area contributed by atoms with Crippen molar-refractivity contribution in [1.29, 1.82) is 0 Å². The van der Waals surface area contributed by atoms with Crippen molar-refractivity contribution in [3.8, 4) is 17.0 Å². The van der Waals surface area contributed by atoms with Gasteiger partial charge in [-0.25, -0.2) is 9.78 Å². The lowest BCUT2D eigenvalue weighted by Crippen LogP contribution is -2.11. The number of nitrogens with zero attached hydrogens (tertiary/aromatic N) is 1. The van der Waals surface area contributed by atoms with Crippen LogP contribution in [0.4, 0.5) is 0 Å². The third kappa shape index (κ3) is 4.01. The number of pyridine rings is 1. The van der Waals surface area contributed by atoms with Crippen molar-refractivity contribution >= 4 is 32.8 Å². The molecule has 0 N–H and O–H groups in total. The first-order valence-electron chi connectivity index (χ1n) is 9.79. The van der Waals surface area contributed by atoms with Crippen LogP contribution in [0.2, 0.25) is 0 Å². The molecule has 0 bridgehead atoms. The summed E-state index contributed by atoms with van der Waals surface area (Å²) in [5, 5.41) is 0.808. The average Bonchev–Trinajstić information content (AvgIpc) is 2.70. The van der Waals surface area contributed by atoms with Crippen molar-refractivity contribution in [3.05, 3.63) is 93.0 Å². The third-order valence-corrected chi connectivity index (χ3v) is 5.83. The Morgan fingerprint density at radius 2 is 1.57 bits per heavy atom. The maximum Gasteiger partial charge on any atom is 0.344 e. The van der Waals surface area contributed by atoms with Gasteiger partial charge in [-0.1, -0.05) is 45.8 Å². The Kier molecular flexibility index (Phi) is 5.44. The van der Waals surface area contributed by atoms with Crippen LogP contribution in [-0.4, -0.2) is 11.0 Å². The summed E-state index contributed by atoms with van der Waals surface area (Å²) < 4.78 is 6.75. The summed E-state index contributed by atoms with van der Waals surface area (Å²) >= 11 is 3.47. The topological polar surface area (TPSA) is 39.2 Å². The SMILES string of the molecule is Cc1cc(C)c2nc(-c3ccc(Br)cc3)cc(C(=O)Oc3ccc(C)c(C)c3)c2c1. The van der Waals surface area contributed by atoms with Crippen LogP contribution in [0.15, 0.2) is 65.1 Å². The molecule has 0 aliphatic heterocycles. The number of hydrogen-bond donors (Lipinski definition) is 0. The maximum absolute atomic E-state index is 13.2. The minimum absolute atomic E-state index is 0.381. The Hall–Kier alpha value is -2.98. The molecule has 150 valence electrons. The Morgan fingerprint density at radius 1 is 0.833 bits per heavy atom. The molecule has 0 spiro atoms. The molecule has 0 saturated carbocycles. The van der Waals surface area contributed by atoms with Gasteiger partial charge in [-0.05, 0) is 80.8 Å². The van der Waals surface area contributed by atoms with Gasteiger partial charge in [0.05, 0.1) is 16.8 Å². The van der Waals surface area contributed by atoms with Crippen molar-refractivity contribution < 1.29 is 9.53 Å². The summed E-state index contributed by atoms with van der Waals surface area (Å²) in [7, 11) is 0. The van der Waals surface area contributed by atoms with E-state index in [9.17, 15) is 4.79 Å². The Labute approximate surface area is 184 Å². The number of fused-ring (bicyclic) bond motifs is 1. The van der Waals surface area contributed by atoms with E-state index in [-0.39, 0.29) is 5.97 Å². The van der Waals surface area contributed by atoms with Crippen LogP contribution in [0.25, 0.3) is 22.2 Å². The van der Waals surface area contributed by atoms with E-state index in [1.165, 1.54) is 0 Å². The zero-order valence-corrected chi connectivity index (χ0v) is 19.0. The largest absolute Gasteiger partial charge is 0.423 e. The minimum atomic E-state index is -0.381. The lowest BCUT2D eigenvalue weighted by Gasteiger charge is -2.13. The van der Waals surface area contributed by atoms with E-state index in [0.29, 0.717) is 11.3 Å². The van der Waals surface area contributed by atoms with Gasteiger partial charge in [-0.15, -0.1) is 0 Å². The van der Waals surface area contributed by atoms with E-state index in [1.807, 2.05) is 82.3 Å². The number of esters is 1. The highest BCUT2D eigenvalue weighted by molar-refractivity contribution is 9.10. The molecule has 0 unspecified atom stereocenters. The van der Waals surface area contributed by atoms with Gasteiger partial charge in [-0.3, -0.25) is 0 Å². The molecule has 4 heteroatoms. The summed E-state index contributed by atoms with van der Waals surface area (Å²) in [4.78, 5) is 18.1. The highest BCUT2D eigenvalue weighted by atomic mass is 79.9. The van der Waals surface area contributed by atoms with Crippen LogP contribution in [0, 0.1) is 27.7 Å². The van der Waals surface area contributed by atoms with E-state index < -0.39 is 0 Å². The number of rotatable bonds is 3. The van der Waals surface area contributed by atoms with E-state index in [4.69, 9.17) is 9.72 Å². The lowest BCUT2D eigenvalue weighted by molar-refractivity contribution is 0.0736. The van der Waals surface area contributed by atoms with E-state index in [1.54, 1.807) is 0 Å². The minimum Gasteiger partial charge on any atom is -0.423 e. The van der Waals surface area contributed by atoms with Gasteiger partial charge >= 0.3 is 5.97 Å². The molecule has 0 aliphatic carbocycles. The van der Waals surface area contributed by atoms with E-state index in [2.05, 4.69) is 22.0 Å². The van der Waals surface area contributed by atoms with Crippen molar-refractivity contribution in [1.82, 2.24) is 4.98 Å². The molecule has 0 saturated heterocycles. The van der Waals surface area contributed by atoms with Crippen LogP contribution < -0.4 is 4.74 Å². The smallest absolute Gasteiger partial charge is 0.344 e. The molecular formula is C26H22BrNO2. The molecule has 3 nitrogen and oxygen atoms in total. The zero-order chi connectivity index (χ0) is 21.4. The normalized spacial score (nSPS) is 11.0. The summed E-state index contributed by atoms with van der Waals surface area (Å²) in [6.07, 6.45) is 0. The van der Waals surface area contributed by atoms with Crippen LogP contribution in [0.1, 0.15) is 32.6 Å². The molecule has 30 heavy (non-hydrogen) atoms. The molecule has 1 heterocycles. The van der Waals surface area contributed by atoms with E-state index >= 15 is 0 Å². The number of carbonyl (C=O) groups excluding carboxylic acids is 1. The van der Waals surface area contributed by atoms with Crippen molar-refractivity contribution in [3.63, 3.8) is 0 Å². The third-order valence-electron chi connectivity index (χ3n) is 5.30. The fourth-order valence-electron chi connectivity index (χ4n) is 3.56. The maximum atomic E-state index is 13.2. The van der Waals surface area contributed by atoms with Crippen LogP contribution in [-0.2, 0) is 0 Å². The molecule has 0 aliphatic rings. The fraction of sp³-hybridized carbons (Fsp3) is 0.154. The van der Waals surface area contributed by atoms with Gasteiger partial charge in [0.1, 0.15) is 5.75 Å². The second-order valence-corrected chi connectivity index (χ2v) is 8.59. The van der Waals surface area contributed by atoms with Crippen LogP contribution in [0.5, 0.6) is 5.75 Å². The molecule has 1 aromatic heterocycles. The molecule has 0 atom stereocenters. The highest BCUT2D eigenvalue weighted by Crippen LogP contribution is 2.29. The number of aromatic nitrogens is 1. The summed E-state index contributed by atoms with van der Waals surface area (Å²) in [5.74, 6) is 0.164. The number of carbonyl (C=O) groups is 1. The molecule has 0 amide bonds. The van der Waals surface area contributed by atoms with Gasteiger partial charge in [-0.2, -0.15) is 0 Å². The van der Waals surface area contributed by atoms with Crippen molar-refractivity contribution in [2.45, 2.75) is 27.7 Å². The Morgan fingerprint density at radius 3 is 2.27 bits per heavy atom. The standard InChI is InChI=1S/C26H22BrNO2/c1-15-11-18(4)25-22(12-15)23(14-24(28-25)19-6-8-20(27)9-7-19)26(29)30-21-10-5-16(2)17(3)13-21/h5-14H,1-4H3. The molecule has 4 aromatic rings. The van der Waals surface area contributed by atoms with Gasteiger partial charge in [0, 0.05) is 15.4 Å². The number of halogens is 1. The molecule has 0 radical (unpaired) electrons. The first kappa shape index (κ1) is 20.3. The van der Waals surface area contributed by atoms with Gasteiger partial charge in [0.15, 0.2) is 0 Å². The zero-order valence-electron chi connectivity index (χ0n) is 17.4. The number of aryl methyl sites for hydroxylation is 4. The summed E-state index contributed by atoms with van der Waals surface area (Å²) in [6.45, 7) is 8.08. The lowest BCUT2D eigenvalue weighted by atomic mass is 10.00. The van der Waals surface area contributed by atoms with E-state index in [0.717, 1.165) is 48.9 Å². The molecule has 3 aromatic carbocycles. The molecule has 0 fully saturated rings. The monoisotopic (exact) mass is 459 g/mol. The molecular weight excluding hydrogens is 438 g/mol. The van der Waals surface area contributed by atoms with Gasteiger partial charge < -0.3 is 4.74 Å². The predicted octanol–water partition coefficient (Wildman–Crippen LogP) is 7.12. The first-order valence-corrected chi connectivity index (χ1v) is 10.6. The quantitative estimate of drug-likeness (QED) is 0.241. The van der Waals surface area contributed by atoms with Crippen LogP contribution >= 0.6 is 15.9 Å². The average molecular weight is 460 g/mol. The summed E-state index contributed by atoms with van der Waals surface area (Å²) in [6, 6.07) is 19.5. The Balaban J connectivity index is 1.86. The van der Waals surface area contributed by atoms with Crippen LogP contribution in [0.3, 0.4) is 0 Å². The fourth-order valence-corrected chi connectivity index (χ4v) is 3.82. The highest BCUT2D eigenvalue weighted by Gasteiger charge is 2.18. The first-order chi connectivity index (χ1) is 14.3. The predicted molar refractivity (Wildman–Crippen MR) is 125 cm³/mol. The Bertz CT molecular complexity index is 1280. The van der Waals surface area contributed by atoms with Gasteiger partial charge in [0.25, 0.3) is 0 Å². The van der Waals surface area contributed by atoms with Gasteiger partial charge in [0.2, 0.25) is 0 Å². The second-order valence-electron chi connectivity index (χ2n) is 7.68. The second kappa shape index (κ2) is 8.04. The number of hydrogen-bond acceptors (Lipinski definition) is 3. The summed E-state index contributed by atoms with van der Waals surface area (Å²) in [5.41, 5.74) is 7.38. The number of benzene rings is 3.